The largest absolute Gasteiger partial charge is 0.456 e. The first-order valence-electron chi connectivity index (χ1n) is 7.94. The zero-order valence-electron chi connectivity index (χ0n) is 13.4. The fourth-order valence-corrected chi connectivity index (χ4v) is 5.56. The number of methoxy groups -OCH3 is 1. The van der Waals surface area contributed by atoms with Crippen molar-refractivity contribution in [3.05, 3.63) is 12.2 Å². The van der Waals surface area contributed by atoms with Gasteiger partial charge >= 0.3 is 5.97 Å². The first-order valence-corrected chi connectivity index (χ1v) is 7.94. The van der Waals surface area contributed by atoms with Crippen LogP contribution in [0.4, 0.5) is 0 Å². The maximum atomic E-state index is 12.1. The van der Waals surface area contributed by atoms with Crippen LogP contribution in [0, 0.1) is 23.7 Å². The number of esters is 1. The first-order chi connectivity index (χ1) is 10.3. The number of epoxide rings is 1. The molecule has 2 aliphatic heterocycles. The van der Waals surface area contributed by atoms with Crippen LogP contribution in [0.15, 0.2) is 12.2 Å². The molecule has 22 heavy (non-hydrogen) atoms. The molecular weight excluding hydrogens is 280 g/mol. The molecule has 4 rings (SSSR count). The van der Waals surface area contributed by atoms with E-state index in [9.17, 15) is 4.79 Å². The second-order valence-electron chi connectivity index (χ2n) is 7.54. The van der Waals surface area contributed by atoms with Crippen molar-refractivity contribution in [1.82, 2.24) is 0 Å². The lowest BCUT2D eigenvalue weighted by Gasteiger charge is -2.45. The van der Waals surface area contributed by atoms with Crippen molar-refractivity contribution < 1.29 is 19.0 Å². The smallest absolute Gasteiger partial charge is 0.334 e. The molecule has 0 amide bonds. The molecule has 0 N–H and O–H groups in total. The van der Waals surface area contributed by atoms with E-state index in [0.717, 1.165) is 25.7 Å². The molecule has 118 valence electrons. The zero-order chi connectivity index (χ0) is 16.0. The van der Waals surface area contributed by atoms with E-state index in [4.69, 9.17) is 20.6 Å². The van der Waals surface area contributed by atoms with Gasteiger partial charge in [0.25, 0.3) is 0 Å². The van der Waals surface area contributed by atoms with Gasteiger partial charge < -0.3 is 14.2 Å². The SMILES string of the molecule is C#C[C@@]12[C@H]3OC(=O)C(=C)[C@@H]3CC[C@]3(C)O[C@]13CC[C@@]2(C)OC. The predicted octanol–water partition coefficient (Wildman–Crippen LogP) is 2.22. The normalized spacial score (nSPS) is 55.5. The van der Waals surface area contributed by atoms with Gasteiger partial charge in [-0.1, -0.05) is 12.5 Å². The van der Waals surface area contributed by atoms with Crippen LogP contribution in [-0.2, 0) is 19.0 Å². The van der Waals surface area contributed by atoms with Gasteiger partial charge in [0, 0.05) is 18.6 Å². The summed E-state index contributed by atoms with van der Waals surface area (Å²) in [7, 11) is 1.68. The lowest BCUT2D eigenvalue weighted by Crippen LogP contribution is -2.58. The Hall–Kier alpha value is -1.31. The van der Waals surface area contributed by atoms with Gasteiger partial charge in [0.15, 0.2) is 0 Å². The van der Waals surface area contributed by atoms with Crippen molar-refractivity contribution in [3.8, 4) is 12.3 Å². The van der Waals surface area contributed by atoms with Crippen LogP contribution >= 0.6 is 0 Å². The van der Waals surface area contributed by atoms with Gasteiger partial charge in [-0.15, -0.1) is 6.42 Å². The Labute approximate surface area is 131 Å². The number of carbonyl (C=O) groups excluding carboxylic acids is 1. The molecule has 0 aromatic carbocycles. The summed E-state index contributed by atoms with van der Waals surface area (Å²) in [5.74, 6) is 2.65. The van der Waals surface area contributed by atoms with Crippen molar-refractivity contribution in [2.75, 3.05) is 7.11 Å². The Bertz CT molecular complexity index is 633. The fraction of sp³-hybridized carbons (Fsp3) is 0.722. The number of ether oxygens (including phenoxy) is 3. The number of hydrogen-bond donors (Lipinski definition) is 0. The monoisotopic (exact) mass is 302 g/mol. The molecule has 2 heterocycles. The van der Waals surface area contributed by atoms with Crippen LogP contribution in [0.3, 0.4) is 0 Å². The molecule has 4 aliphatic rings. The summed E-state index contributed by atoms with van der Waals surface area (Å²) < 4.78 is 17.9. The third-order valence-electron chi connectivity index (χ3n) is 6.98. The summed E-state index contributed by atoms with van der Waals surface area (Å²) >= 11 is 0. The van der Waals surface area contributed by atoms with E-state index in [0.29, 0.717) is 5.57 Å². The molecule has 1 spiro atoms. The average Bonchev–Trinajstić information content (AvgIpc) is 2.90. The van der Waals surface area contributed by atoms with Gasteiger partial charge in [-0.25, -0.2) is 4.79 Å². The summed E-state index contributed by atoms with van der Waals surface area (Å²) in [6.45, 7) is 8.11. The van der Waals surface area contributed by atoms with Gasteiger partial charge in [0.05, 0.1) is 11.2 Å². The topological polar surface area (TPSA) is 48.1 Å². The van der Waals surface area contributed by atoms with Crippen LogP contribution in [-0.4, -0.2) is 36.0 Å². The van der Waals surface area contributed by atoms with Crippen LogP contribution in [0.25, 0.3) is 0 Å². The molecular formula is C18H22O4. The lowest BCUT2D eigenvalue weighted by atomic mass is 9.62. The second-order valence-corrected chi connectivity index (χ2v) is 7.54. The zero-order valence-corrected chi connectivity index (χ0v) is 13.4. The van der Waals surface area contributed by atoms with E-state index in [-0.39, 0.29) is 17.5 Å². The maximum Gasteiger partial charge on any atom is 0.334 e. The van der Waals surface area contributed by atoms with Crippen LogP contribution in [0.2, 0.25) is 0 Å². The Balaban J connectivity index is 1.96. The highest BCUT2D eigenvalue weighted by Crippen LogP contribution is 2.75. The second kappa shape index (κ2) is 3.77. The average molecular weight is 302 g/mol. The van der Waals surface area contributed by atoms with Gasteiger partial charge in [-0.2, -0.15) is 0 Å². The molecule has 0 bridgehead atoms. The van der Waals surface area contributed by atoms with Gasteiger partial charge in [0.1, 0.15) is 17.1 Å². The quantitative estimate of drug-likeness (QED) is 0.322. The number of fused-ring (bicyclic) bond motifs is 2. The van der Waals surface area contributed by atoms with Crippen LogP contribution in [0.5, 0.6) is 0 Å². The molecule has 0 radical (unpaired) electrons. The van der Waals surface area contributed by atoms with Crippen molar-refractivity contribution in [3.63, 3.8) is 0 Å². The van der Waals surface area contributed by atoms with E-state index >= 15 is 0 Å². The standard InChI is InChI=1S/C18H22O4/c1-6-17-13-12(11(2)14(19)21-13)7-8-16(4)18(17,22-16)10-9-15(17,3)20-5/h1,12-13H,2,7-10H2,3-5H3/t12-,13-,15+,16-,17-,18-/m0/s1. The summed E-state index contributed by atoms with van der Waals surface area (Å²) in [6, 6.07) is 0. The van der Waals surface area contributed by atoms with Crippen molar-refractivity contribution in [1.29, 1.82) is 0 Å². The highest BCUT2D eigenvalue weighted by molar-refractivity contribution is 5.91. The van der Waals surface area contributed by atoms with Crippen LogP contribution < -0.4 is 0 Å². The van der Waals surface area contributed by atoms with E-state index in [1.807, 2.05) is 6.92 Å². The number of rotatable bonds is 1. The molecule has 2 saturated carbocycles. The van der Waals surface area contributed by atoms with Crippen molar-refractivity contribution in [2.45, 2.75) is 62.4 Å². The maximum absolute atomic E-state index is 12.1. The summed E-state index contributed by atoms with van der Waals surface area (Å²) in [5, 5.41) is 0. The molecule has 0 aromatic rings. The Morgan fingerprint density at radius 3 is 2.73 bits per heavy atom. The molecule has 4 nitrogen and oxygen atoms in total. The first kappa shape index (κ1) is 14.3. The summed E-state index contributed by atoms with van der Waals surface area (Å²) in [4.78, 5) is 12.1. The number of terminal acetylenes is 1. The molecule has 2 saturated heterocycles. The predicted molar refractivity (Wildman–Crippen MR) is 79.9 cm³/mol. The minimum atomic E-state index is -0.764. The Morgan fingerprint density at radius 2 is 2.09 bits per heavy atom. The molecule has 6 atom stereocenters. The van der Waals surface area contributed by atoms with Crippen LogP contribution in [0.1, 0.15) is 39.5 Å². The number of carbonyl (C=O) groups is 1. The van der Waals surface area contributed by atoms with Crippen molar-refractivity contribution >= 4 is 5.97 Å². The minimum absolute atomic E-state index is 0.0405. The van der Waals surface area contributed by atoms with E-state index in [1.165, 1.54) is 0 Å². The summed E-state index contributed by atoms with van der Waals surface area (Å²) in [6.07, 6.45) is 9.00. The Morgan fingerprint density at radius 1 is 1.36 bits per heavy atom. The highest BCUT2D eigenvalue weighted by Gasteiger charge is 2.87. The lowest BCUT2D eigenvalue weighted by molar-refractivity contribution is -0.161. The molecule has 4 fully saturated rings. The third-order valence-corrected chi connectivity index (χ3v) is 6.98. The third kappa shape index (κ3) is 1.17. The highest BCUT2D eigenvalue weighted by atomic mass is 16.6. The molecule has 0 unspecified atom stereocenters. The molecule has 2 aliphatic carbocycles. The summed E-state index contributed by atoms with van der Waals surface area (Å²) in [5.41, 5.74) is -1.50. The Kier molecular flexibility index (Phi) is 2.45. The van der Waals surface area contributed by atoms with E-state index in [1.54, 1.807) is 7.11 Å². The van der Waals surface area contributed by atoms with E-state index < -0.39 is 22.7 Å². The molecule has 4 heteroatoms. The van der Waals surface area contributed by atoms with Gasteiger partial charge in [0.2, 0.25) is 0 Å². The van der Waals surface area contributed by atoms with Gasteiger partial charge in [-0.3, -0.25) is 0 Å². The van der Waals surface area contributed by atoms with Gasteiger partial charge in [-0.05, 0) is 39.5 Å². The van der Waals surface area contributed by atoms with Crippen molar-refractivity contribution in [2.24, 2.45) is 11.3 Å². The molecule has 0 aromatic heterocycles. The fourth-order valence-electron chi connectivity index (χ4n) is 5.56. The minimum Gasteiger partial charge on any atom is -0.456 e. The number of hydrogen-bond acceptors (Lipinski definition) is 4. The van der Waals surface area contributed by atoms with E-state index in [2.05, 4.69) is 19.4 Å².